The highest BCUT2D eigenvalue weighted by atomic mass is 32.2. The predicted octanol–water partition coefficient (Wildman–Crippen LogP) is 3.69. The lowest BCUT2D eigenvalue weighted by Gasteiger charge is -1.99. The average Bonchev–Trinajstić information content (AvgIpc) is 2.47. The van der Waals surface area contributed by atoms with E-state index in [1.54, 1.807) is 36.4 Å². The molecule has 0 aliphatic heterocycles. The van der Waals surface area contributed by atoms with Crippen LogP contribution in [0, 0.1) is 0 Å². The summed E-state index contributed by atoms with van der Waals surface area (Å²) < 4.78 is 24.1. The molecule has 2 nitrogen and oxygen atoms in total. The Morgan fingerprint density at radius 2 is 1.58 bits per heavy atom. The van der Waals surface area contributed by atoms with Gasteiger partial charge in [-0.3, -0.25) is 0 Å². The molecule has 0 heterocycles. The minimum Gasteiger partial charge on any atom is -0.219 e. The third kappa shape index (κ3) is 3.55. The second-order valence-corrected chi connectivity index (χ2v) is 6.09. The molecule has 19 heavy (non-hydrogen) atoms. The number of hydrogen-bond acceptors (Lipinski definition) is 2. The maximum absolute atomic E-state index is 12.0. The quantitative estimate of drug-likeness (QED) is 0.850. The number of benzene rings is 2. The maximum atomic E-state index is 12.0. The summed E-state index contributed by atoms with van der Waals surface area (Å²) in [6, 6.07) is 16.3. The molecule has 0 radical (unpaired) electrons. The van der Waals surface area contributed by atoms with Crippen molar-refractivity contribution in [3.05, 3.63) is 71.1 Å². The van der Waals surface area contributed by atoms with E-state index in [0.717, 1.165) is 12.0 Å². The Kier molecular flexibility index (Phi) is 4.17. The molecular weight excluding hydrogens is 256 g/mol. The molecule has 2 aromatic carbocycles. The van der Waals surface area contributed by atoms with Gasteiger partial charge in [0.05, 0.1) is 4.90 Å². The number of hydrogen-bond donors (Lipinski definition) is 0. The van der Waals surface area contributed by atoms with Gasteiger partial charge in [0, 0.05) is 5.41 Å². The molecule has 3 heteroatoms. The van der Waals surface area contributed by atoms with Crippen molar-refractivity contribution in [1.82, 2.24) is 0 Å². The van der Waals surface area contributed by atoms with Crippen LogP contribution < -0.4 is 0 Å². The molecule has 0 saturated carbocycles. The van der Waals surface area contributed by atoms with Crippen LogP contribution in [-0.4, -0.2) is 8.42 Å². The van der Waals surface area contributed by atoms with Crippen molar-refractivity contribution < 1.29 is 8.42 Å². The second kappa shape index (κ2) is 5.85. The minimum atomic E-state index is -3.35. The third-order valence-electron chi connectivity index (χ3n) is 2.90. The monoisotopic (exact) mass is 272 g/mol. The smallest absolute Gasteiger partial charge is 0.199 e. The van der Waals surface area contributed by atoms with Crippen molar-refractivity contribution in [3.8, 4) is 0 Å². The van der Waals surface area contributed by atoms with Crippen molar-refractivity contribution in [2.75, 3.05) is 0 Å². The molecule has 98 valence electrons. The van der Waals surface area contributed by atoms with Crippen LogP contribution in [0.4, 0.5) is 0 Å². The van der Waals surface area contributed by atoms with Crippen molar-refractivity contribution in [2.45, 2.75) is 18.2 Å². The number of sulfone groups is 1. The summed E-state index contributed by atoms with van der Waals surface area (Å²) in [4.78, 5) is 0.316. The summed E-state index contributed by atoms with van der Waals surface area (Å²) in [7, 11) is -3.35. The summed E-state index contributed by atoms with van der Waals surface area (Å²) in [5, 5.41) is 1.25. The van der Waals surface area contributed by atoms with Crippen molar-refractivity contribution >= 4 is 15.9 Å². The summed E-state index contributed by atoms with van der Waals surface area (Å²) in [5.41, 5.74) is 2.12. The minimum absolute atomic E-state index is 0.316. The highest BCUT2D eigenvalue weighted by Crippen LogP contribution is 2.14. The van der Waals surface area contributed by atoms with Gasteiger partial charge in [0.1, 0.15) is 0 Å². The van der Waals surface area contributed by atoms with Crippen molar-refractivity contribution in [2.24, 2.45) is 0 Å². The van der Waals surface area contributed by atoms with Crippen LogP contribution >= 0.6 is 0 Å². The predicted molar refractivity (Wildman–Crippen MR) is 78.5 cm³/mol. The van der Waals surface area contributed by atoms with Crippen molar-refractivity contribution in [1.29, 1.82) is 0 Å². The highest BCUT2D eigenvalue weighted by Gasteiger charge is 2.08. The fourth-order valence-corrected chi connectivity index (χ4v) is 2.75. The van der Waals surface area contributed by atoms with Gasteiger partial charge in [-0.15, -0.1) is 0 Å². The van der Waals surface area contributed by atoms with Gasteiger partial charge in [-0.25, -0.2) is 8.42 Å². The summed E-state index contributed by atoms with van der Waals surface area (Å²) in [6.45, 7) is 2.09. The van der Waals surface area contributed by atoms with E-state index in [0.29, 0.717) is 4.90 Å². The first-order valence-corrected chi connectivity index (χ1v) is 7.73. The van der Waals surface area contributed by atoms with Gasteiger partial charge >= 0.3 is 0 Å². The standard InChI is InChI=1S/C16H16O2S/c1-2-14-8-10-15(11-9-14)12-13-19(17,18)16-6-4-3-5-7-16/h3-13H,2H2,1H3/b13-12+. The molecule has 0 aromatic heterocycles. The summed E-state index contributed by atoms with van der Waals surface area (Å²) in [6.07, 6.45) is 2.61. The molecule has 0 spiro atoms. The Morgan fingerprint density at radius 3 is 2.16 bits per heavy atom. The molecule has 0 N–H and O–H groups in total. The van der Waals surface area contributed by atoms with Gasteiger partial charge < -0.3 is 0 Å². The lowest BCUT2D eigenvalue weighted by atomic mass is 10.1. The third-order valence-corrected chi connectivity index (χ3v) is 4.32. The van der Waals surface area contributed by atoms with Crippen LogP contribution in [0.15, 0.2) is 64.9 Å². The Morgan fingerprint density at radius 1 is 0.947 bits per heavy atom. The largest absolute Gasteiger partial charge is 0.219 e. The average molecular weight is 272 g/mol. The molecule has 0 unspecified atom stereocenters. The maximum Gasteiger partial charge on any atom is 0.199 e. The van der Waals surface area contributed by atoms with Gasteiger partial charge in [-0.1, -0.05) is 49.4 Å². The fourth-order valence-electron chi connectivity index (χ4n) is 1.72. The van der Waals surface area contributed by atoms with Crippen LogP contribution in [0.2, 0.25) is 0 Å². The first-order chi connectivity index (χ1) is 9.12. The van der Waals surface area contributed by atoms with E-state index in [-0.39, 0.29) is 0 Å². The number of rotatable bonds is 4. The summed E-state index contributed by atoms with van der Waals surface area (Å²) in [5.74, 6) is 0. The fraction of sp³-hybridized carbons (Fsp3) is 0.125. The van der Waals surface area contributed by atoms with Gasteiger partial charge in [0.2, 0.25) is 0 Å². The molecule has 0 fully saturated rings. The molecular formula is C16H16O2S. The molecule has 2 aromatic rings. The topological polar surface area (TPSA) is 34.1 Å². The van der Waals surface area contributed by atoms with Gasteiger partial charge in [-0.2, -0.15) is 0 Å². The van der Waals surface area contributed by atoms with E-state index in [1.165, 1.54) is 11.0 Å². The van der Waals surface area contributed by atoms with E-state index in [9.17, 15) is 8.42 Å². The lowest BCUT2D eigenvalue weighted by Crippen LogP contribution is -1.95. The molecule has 2 rings (SSSR count). The van der Waals surface area contributed by atoms with E-state index in [2.05, 4.69) is 6.92 Å². The van der Waals surface area contributed by atoms with E-state index >= 15 is 0 Å². The normalized spacial score (nSPS) is 11.8. The second-order valence-electron chi connectivity index (χ2n) is 4.26. The SMILES string of the molecule is CCc1ccc(/C=C/S(=O)(=O)c2ccccc2)cc1. The molecule has 0 bridgehead atoms. The molecule has 0 aliphatic carbocycles. The van der Waals surface area contributed by atoms with E-state index in [1.807, 2.05) is 24.3 Å². The molecule has 0 saturated heterocycles. The number of aryl methyl sites for hydroxylation is 1. The zero-order valence-electron chi connectivity index (χ0n) is 10.8. The Bertz CT molecular complexity index is 654. The zero-order chi connectivity index (χ0) is 13.7. The molecule has 0 amide bonds. The Hall–Kier alpha value is -1.87. The van der Waals surface area contributed by atoms with Crippen molar-refractivity contribution in [3.63, 3.8) is 0 Å². The summed E-state index contributed by atoms with van der Waals surface area (Å²) >= 11 is 0. The highest BCUT2D eigenvalue weighted by molar-refractivity contribution is 7.94. The molecule has 0 aliphatic rings. The van der Waals surface area contributed by atoms with Crippen LogP contribution in [-0.2, 0) is 16.3 Å². The molecule has 0 atom stereocenters. The Balaban J connectivity index is 2.22. The van der Waals surface area contributed by atoms with E-state index in [4.69, 9.17) is 0 Å². The Labute approximate surface area is 114 Å². The van der Waals surface area contributed by atoms with Gasteiger partial charge in [-0.05, 0) is 35.8 Å². The first-order valence-electron chi connectivity index (χ1n) is 6.19. The van der Waals surface area contributed by atoms with E-state index < -0.39 is 9.84 Å². The van der Waals surface area contributed by atoms with Crippen LogP contribution in [0.1, 0.15) is 18.1 Å². The van der Waals surface area contributed by atoms with Crippen LogP contribution in [0.5, 0.6) is 0 Å². The van der Waals surface area contributed by atoms with Gasteiger partial charge in [0.25, 0.3) is 0 Å². The first kappa shape index (κ1) is 13.6. The van der Waals surface area contributed by atoms with Gasteiger partial charge in [0.15, 0.2) is 9.84 Å². The zero-order valence-corrected chi connectivity index (χ0v) is 11.6. The van der Waals surface area contributed by atoms with Crippen LogP contribution in [0.25, 0.3) is 6.08 Å². The van der Waals surface area contributed by atoms with Crippen LogP contribution in [0.3, 0.4) is 0 Å². The lowest BCUT2D eigenvalue weighted by molar-refractivity contribution is 0.605.